The number of rotatable bonds is 1. The van der Waals surface area contributed by atoms with Crippen molar-refractivity contribution in [3.63, 3.8) is 0 Å². The van der Waals surface area contributed by atoms with Crippen LogP contribution in [-0.4, -0.2) is 10.2 Å². The predicted octanol–water partition coefficient (Wildman–Crippen LogP) is 4.87. The van der Waals surface area contributed by atoms with E-state index in [0.717, 1.165) is 22.3 Å². The Morgan fingerprint density at radius 2 is 0.867 bits per heavy atom. The molecule has 0 bridgehead atoms. The standard InChI is InChI=1S/C27H20O3/c28-26(20-11-3-1-9-18(20)17-19-10-2-4-12-21(19)26)27(29)22-13-5-7-15-24(22)30-25-16-8-6-14-23(25)27/h1-16,28-29H,17H2. The fourth-order valence-corrected chi connectivity index (χ4v) is 5.16. The largest absolute Gasteiger partial charge is 0.457 e. The summed E-state index contributed by atoms with van der Waals surface area (Å²) in [5.41, 5.74) is 1.15. The van der Waals surface area contributed by atoms with Gasteiger partial charge in [0, 0.05) is 11.1 Å². The zero-order valence-electron chi connectivity index (χ0n) is 16.2. The fourth-order valence-electron chi connectivity index (χ4n) is 5.16. The van der Waals surface area contributed by atoms with Crippen LogP contribution >= 0.6 is 0 Å². The number of aliphatic hydroxyl groups is 2. The van der Waals surface area contributed by atoms with Crippen LogP contribution in [0.1, 0.15) is 33.4 Å². The SMILES string of the molecule is OC1(C2(O)c3ccccc3Oc3ccccc32)c2ccccc2Cc2ccccc21. The van der Waals surface area contributed by atoms with Crippen LogP contribution in [0.25, 0.3) is 0 Å². The van der Waals surface area contributed by atoms with Crippen molar-refractivity contribution in [2.45, 2.75) is 17.6 Å². The molecule has 2 aliphatic rings. The zero-order chi connectivity index (χ0) is 20.3. The van der Waals surface area contributed by atoms with Crippen molar-refractivity contribution in [3.8, 4) is 11.5 Å². The van der Waals surface area contributed by atoms with Gasteiger partial charge in [-0.25, -0.2) is 0 Å². The second-order valence-corrected chi connectivity index (χ2v) is 8.01. The van der Waals surface area contributed by atoms with E-state index in [1.54, 1.807) is 0 Å². The monoisotopic (exact) mass is 392 g/mol. The molecule has 0 saturated heterocycles. The minimum Gasteiger partial charge on any atom is -0.457 e. The van der Waals surface area contributed by atoms with Gasteiger partial charge in [0.2, 0.25) is 0 Å². The molecule has 6 rings (SSSR count). The third-order valence-electron chi connectivity index (χ3n) is 6.49. The molecule has 4 aromatic rings. The summed E-state index contributed by atoms with van der Waals surface area (Å²) in [6, 6.07) is 30.5. The smallest absolute Gasteiger partial charge is 0.159 e. The molecule has 0 fully saturated rings. The second kappa shape index (κ2) is 6.05. The molecule has 0 amide bonds. The van der Waals surface area contributed by atoms with Crippen molar-refractivity contribution < 1.29 is 14.9 Å². The Labute approximate surface area is 174 Å². The number of hydrogen-bond donors (Lipinski definition) is 2. The maximum absolute atomic E-state index is 12.6. The normalized spacial score (nSPS) is 17.0. The van der Waals surface area contributed by atoms with Crippen LogP contribution in [0.5, 0.6) is 11.5 Å². The summed E-state index contributed by atoms with van der Waals surface area (Å²) in [4.78, 5) is 0. The summed E-state index contributed by atoms with van der Waals surface area (Å²) >= 11 is 0. The second-order valence-electron chi connectivity index (χ2n) is 8.01. The van der Waals surface area contributed by atoms with E-state index in [1.165, 1.54) is 0 Å². The first-order valence-corrected chi connectivity index (χ1v) is 10.1. The molecule has 30 heavy (non-hydrogen) atoms. The van der Waals surface area contributed by atoms with Gasteiger partial charge >= 0.3 is 0 Å². The number of fused-ring (bicyclic) bond motifs is 4. The molecule has 1 aliphatic carbocycles. The Kier molecular flexibility index (Phi) is 3.52. The van der Waals surface area contributed by atoms with E-state index in [-0.39, 0.29) is 0 Å². The van der Waals surface area contributed by atoms with E-state index in [1.807, 2.05) is 97.1 Å². The molecule has 1 aliphatic heterocycles. The van der Waals surface area contributed by atoms with Crippen molar-refractivity contribution in [1.82, 2.24) is 0 Å². The summed E-state index contributed by atoms with van der Waals surface area (Å²) in [5, 5.41) is 25.3. The van der Waals surface area contributed by atoms with Crippen molar-refractivity contribution in [3.05, 3.63) is 130 Å². The number of hydrogen-bond acceptors (Lipinski definition) is 3. The van der Waals surface area contributed by atoms with E-state index < -0.39 is 11.2 Å². The third kappa shape index (κ3) is 2.06. The molecule has 2 N–H and O–H groups in total. The molecule has 3 heteroatoms. The van der Waals surface area contributed by atoms with Gasteiger partial charge in [0.15, 0.2) is 11.2 Å². The van der Waals surface area contributed by atoms with Gasteiger partial charge in [-0.05, 0) is 40.8 Å². The first kappa shape index (κ1) is 17.5. The Bertz CT molecular complexity index is 1100. The Hall–Kier alpha value is -3.40. The van der Waals surface area contributed by atoms with Gasteiger partial charge in [0.05, 0.1) is 0 Å². The predicted molar refractivity (Wildman–Crippen MR) is 115 cm³/mol. The van der Waals surface area contributed by atoms with Crippen molar-refractivity contribution >= 4 is 0 Å². The molecule has 0 saturated carbocycles. The van der Waals surface area contributed by atoms with Crippen LogP contribution in [0.15, 0.2) is 97.1 Å². The number of para-hydroxylation sites is 2. The van der Waals surface area contributed by atoms with Crippen LogP contribution in [0.2, 0.25) is 0 Å². The highest BCUT2D eigenvalue weighted by Crippen LogP contribution is 2.59. The van der Waals surface area contributed by atoms with Gasteiger partial charge in [-0.2, -0.15) is 0 Å². The lowest BCUT2D eigenvalue weighted by molar-refractivity contribution is -0.119. The van der Waals surface area contributed by atoms with Crippen LogP contribution in [0, 0.1) is 0 Å². The molecular weight excluding hydrogens is 372 g/mol. The zero-order valence-corrected chi connectivity index (χ0v) is 16.2. The average molecular weight is 392 g/mol. The molecule has 0 unspecified atom stereocenters. The Morgan fingerprint density at radius 3 is 1.37 bits per heavy atom. The minimum atomic E-state index is -1.73. The molecule has 0 spiro atoms. The van der Waals surface area contributed by atoms with Crippen molar-refractivity contribution in [2.75, 3.05) is 0 Å². The molecule has 1 heterocycles. The lowest BCUT2D eigenvalue weighted by atomic mass is 9.61. The van der Waals surface area contributed by atoms with E-state index in [0.29, 0.717) is 29.0 Å². The Balaban J connectivity index is 1.77. The summed E-state index contributed by atoms with van der Waals surface area (Å²) in [6.07, 6.45) is 0.713. The first-order chi connectivity index (χ1) is 14.6. The third-order valence-corrected chi connectivity index (χ3v) is 6.49. The van der Waals surface area contributed by atoms with E-state index in [9.17, 15) is 10.2 Å². The van der Waals surface area contributed by atoms with Crippen LogP contribution < -0.4 is 4.74 Å². The highest BCUT2D eigenvalue weighted by Gasteiger charge is 2.60. The van der Waals surface area contributed by atoms with Gasteiger partial charge < -0.3 is 14.9 Å². The molecular formula is C27H20O3. The molecule has 3 nitrogen and oxygen atoms in total. The summed E-state index contributed by atoms with van der Waals surface area (Å²) in [5.74, 6) is 1.10. The summed E-state index contributed by atoms with van der Waals surface area (Å²) < 4.78 is 6.11. The number of ether oxygens (including phenoxy) is 1. The Morgan fingerprint density at radius 1 is 0.500 bits per heavy atom. The maximum atomic E-state index is 12.6. The van der Waals surface area contributed by atoms with Gasteiger partial charge in [-0.1, -0.05) is 84.9 Å². The molecule has 0 aromatic heterocycles. The van der Waals surface area contributed by atoms with Crippen molar-refractivity contribution in [2.24, 2.45) is 0 Å². The van der Waals surface area contributed by atoms with Crippen molar-refractivity contribution in [1.29, 1.82) is 0 Å². The highest BCUT2D eigenvalue weighted by atomic mass is 16.5. The van der Waals surface area contributed by atoms with Gasteiger partial charge in [-0.15, -0.1) is 0 Å². The van der Waals surface area contributed by atoms with Gasteiger partial charge in [0.25, 0.3) is 0 Å². The molecule has 0 radical (unpaired) electrons. The maximum Gasteiger partial charge on any atom is 0.159 e. The van der Waals surface area contributed by atoms with Crippen LogP contribution in [0.3, 0.4) is 0 Å². The topological polar surface area (TPSA) is 49.7 Å². The fraction of sp³-hybridized carbons (Fsp3) is 0.111. The number of benzene rings is 4. The van der Waals surface area contributed by atoms with Gasteiger partial charge in [-0.3, -0.25) is 0 Å². The van der Waals surface area contributed by atoms with E-state index >= 15 is 0 Å². The lowest BCUT2D eigenvalue weighted by Gasteiger charge is -2.50. The molecule has 4 aromatic carbocycles. The molecule has 0 atom stereocenters. The summed E-state index contributed by atoms with van der Waals surface area (Å²) in [7, 11) is 0. The summed E-state index contributed by atoms with van der Waals surface area (Å²) in [6.45, 7) is 0. The molecule has 146 valence electrons. The quantitative estimate of drug-likeness (QED) is 0.486. The minimum absolute atomic E-state index is 0.549. The van der Waals surface area contributed by atoms with Crippen LogP contribution in [0.4, 0.5) is 0 Å². The van der Waals surface area contributed by atoms with Gasteiger partial charge in [0.1, 0.15) is 11.5 Å². The highest BCUT2D eigenvalue weighted by molar-refractivity contribution is 5.64. The van der Waals surface area contributed by atoms with Crippen LogP contribution in [-0.2, 0) is 17.6 Å². The first-order valence-electron chi connectivity index (χ1n) is 10.1. The average Bonchev–Trinajstić information content (AvgIpc) is 2.79. The van der Waals surface area contributed by atoms with E-state index in [2.05, 4.69) is 0 Å². The van der Waals surface area contributed by atoms with E-state index in [4.69, 9.17) is 4.74 Å². The lowest BCUT2D eigenvalue weighted by Crippen LogP contribution is -2.54.